The van der Waals surface area contributed by atoms with Gasteiger partial charge in [-0.1, -0.05) is 0 Å². The van der Waals surface area contributed by atoms with Crippen molar-refractivity contribution in [3.63, 3.8) is 0 Å². The van der Waals surface area contributed by atoms with Crippen molar-refractivity contribution < 1.29 is 9.47 Å². The van der Waals surface area contributed by atoms with Gasteiger partial charge in [0.1, 0.15) is 0 Å². The molecule has 0 radical (unpaired) electrons. The zero-order valence-corrected chi connectivity index (χ0v) is 11.7. The summed E-state index contributed by atoms with van der Waals surface area (Å²) in [5.41, 5.74) is 5.85. The molecule has 0 bridgehead atoms. The van der Waals surface area contributed by atoms with Crippen molar-refractivity contribution in [2.75, 3.05) is 52.3 Å². The van der Waals surface area contributed by atoms with Gasteiger partial charge in [-0.25, -0.2) is 0 Å². The minimum atomic E-state index is 0.204. The second kappa shape index (κ2) is 6.03. The lowest BCUT2D eigenvalue weighted by molar-refractivity contribution is 0.266. The number of ether oxygens (including phenoxy) is 2. The van der Waals surface area contributed by atoms with E-state index in [0.29, 0.717) is 24.3 Å². The third-order valence-electron chi connectivity index (χ3n) is 3.30. The van der Waals surface area contributed by atoms with E-state index in [4.69, 9.17) is 15.2 Å². The molecule has 0 aliphatic carbocycles. The molecule has 2 heterocycles. The number of hydrogen-bond acceptors (Lipinski definition) is 7. The third kappa shape index (κ3) is 3.05. The van der Waals surface area contributed by atoms with E-state index < -0.39 is 0 Å². The summed E-state index contributed by atoms with van der Waals surface area (Å²) < 4.78 is 10.4. The van der Waals surface area contributed by atoms with Crippen LogP contribution in [0.5, 0.6) is 11.8 Å². The molecule has 106 valence electrons. The van der Waals surface area contributed by atoms with Crippen molar-refractivity contribution in [3.05, 3.63) is 6.07 Å². The van der Waals surface area contributed by atoms with Crippen molar-refractivity contribution in [1.82, 2.24) is 14.9 Å². The Labute approximate surface area is 113 Å². The van der Waals surface area contributed by atoms with Crippen LogP contribution in [0.4, 0.5) is 5.95 Å². The van der Waals surface area contributed by atoms with Crippen LogP contribution in [-0.2, 0) is 0 Å². The Morgan fingerprint density at radius 1 is 1.26 bits per heavy atom. The molecule has 1 atom stereocenters. The van der Waals surface area contributed by atoms with Crippen LogP contribution in [0.15, 0.2) is 6.07 Å². The molecule has 0 aromatic carbocycles. The van der Waals surface area contributed by atoms with Gasteiger partial charge in [0.15, 0.2) is 0 Å². The summed E-state index contributed by atoms with van der Waals surface area (Å²) in [6, 6.07) is 1.87. The highest BCUT2D eigenvalue weighted by Crippen LogP contribution is 2.22. The van der Waals surface area contributed by atoms with Gasteiger partial charge in [-0.15, -0.1) is 0 Å². The fourth-order valence-electron chi connectivity index (χ4n) is 2.21. The lowest BCUT2D eigenvalue weighted by Crippen LogP contribution is -2.55. The van der Waals surface area contributed by atoms with Gasteiger partial charge in [0.25, 0.3) is 0 Å². The Morgan fingerprint density at radius 3 is 2.42 bits per heavy atom. The van der Waals surface area contributed by atoms with E-state index in [1.54, 1.807) is 20.3 Å². The average Bonchev–Trinajstić information content (AvgIpc) is 2.46. The van der Waals surface area contributed by atoms with Gasteiger partial charge in [0.05, 0.1) is 26.3 Å². The summed E-state index contributed by atoms with van der Waals surface area (Å²) in [7, 11) is 5.25. The van der Waals surface area contributed by atoms with Gasteiger partial charge in [-0.05, 0) is 7.05 Å². The maximum Gasteiger partial charge on any atom is 0.232 e. The number of hydrogen-bond donors (Lipinski definition) is 1. The van der Waals surface area contributed by atoms with Crippen molar-refractivity contribution in [1.29, 1.82) is 0 Å². The Kier molecular flexibility index (Phi) is 4.39. The molecular weight excluding hydrogens is 246 g/mol. The summed E-state index contributed by atoms with van der Waals surface area (Å²) in [5.74, 6) is 1.60. The van der Waals surface area contributed by atoms with Crippen molar-refractivity contribution >= 4 is 5.95 Å². The molecule has 2 rings (SSSR count). The molecule has 7 heteroatoms. The Balaban J connectivity index is 2.28. The monoisotopic (exact) mass is 267 g/mol. The van der Waals surface area contributed by atoms with Gasteiger partial charge in [0, 0.05) is 26.2 Å². The van der Waals surface area contributed by atoms with Gasteiger partial charge in [-0.3, -0.25) is 0 Å². The minimum absolute atomic E-state index is 0.204. The molecule has 7 nitrogen and oxygen atoms in total. The van der Waals surface area contributed by atoms with Crippen LogP contribution < -0.4 is 20.1 Å². The molecule has 1 saturated heterocycles. The summed E-state index contributed by atoms with van der Waals surface area (Å²) in [5, 5.41) is 0. The number of nitrogens with zero attached hydrogens (tertiary/aromatic N) is 4. The van der Waals surface area contributed by atoms with Crippen molar-refractivity contribution in [2.24, 2.45) is 5.73 Å². The molecule has 1 aliphatic rings. The molecule has 1 aromatic heterocycles. The number of methoxy groups -OCH3 is 2. The first-order chi connectivity index (χ1) is 9.17. The fourth-order valence-corrected chi connectivity index (χ4v) is 2.21. The van der Waals surface area contributed by atoms with Crippen LogP contribution in [0.3, 0.4) is 0 Å². The second-order valence-corrected chi connectivity index (χ2v) is 4.60. The number of nitrogens with two attached hydrogens (primary N) is 1. The smallest absolute Gasteiger partial charge is 0.232 e. The van der Waals surface area contributed by atoms with Gasteiger partial charge >= 0.3 is 0 Å². The highest BCUT2D eigenvalue weighted by Gasteiger charge is 2.26. The third-order valence-corrected chi connectivity index (χ3v) is 3.30. The Hall–Kier alpha value is -1.60. The van der Waals surface area contributed by atoms with Gasteiger partial charge < -0.3 is 25.0 Å². The number of anilines is 1. The van der Waals surface area contributed by atoms with Crippen molar-refractivity contribution in [2.45, 2.75) is 6.04 Å². The van der Waals surface area contributed by atoms with Crippen LogP contribution in [0.2, 0.25) is 0 Å². The lowest BCUT2D eigenvalue weighted by atomic mass is 10.2. The second-order valence-electron chi connectivity index (χ2n) is 4.60. The number of aromatic nitrogens is 2. The Bertz CT molecular complexity index is 406. The molecule has 1 aliphatic heterocycles. The normalized spacial score (nSPS) is 20.4. The highest BCUT2D eigenvalue weighted by molar-refractivity contribution is 5.39. The van der Waals surface area contributed by atoms with Gasteiger partial charge in [0.2, 0.25) is 17.7 Å². The van der Waals surface area contributed by atoms with Crippen LogP contribution >= 0.6 is 0 Å². The molecule has 1 fully saturated rings. The highest BCUT2D eigenvalue weighted by atomic mass is 16.5. The van der Waals surface area contributed by atoms with Crippen LogP contribution in [0.1, 0.15) is 0 Å². The van der Waals surface area contributed by atoms with Crippen LogP contribution in [-0.4, -0.2) is 68.4 Å². The van der Waals surface area contributed by atoms with E-state index in [1.807, 2.05) is 0 Å². The fraction of sp³-hybridized carbons (Fsp3) is 0.667. The SMILES string of the molecule is COc1cc(OC)nc(N2CCN(C)CC2CN)n1. The van der Waals surface area contributed by atoms with E-state index in [-0.39, 0.29) is 6.04 Å². The molecule has 0 spiro atoms. The summed E-state index contributed by atoms with van der Waals surface area (Å²) in [6.07, 6.45) is 0. The quantitative estimate of drug-likeness (QED) is 0.793. The molecule has 0 saturated carbocycles. The van der Waals surface area contributed by atoms with Crippen molar-refractivity contribution in [3.8, 4) is 11.8 Å². The summed E-state index contributed by atoms with van der Waals surface area (Å²) in [4.78, 5) is 13.1. The number of likely N-dealkylation sites (N-methyl/N-ethyl adjacent to an activating group) is 1. The van der Waals surface area contributed by atoms with Gasteiger partial charge in [-0.2, -0.15) is 9.97 Å². The van der Waals surface area contributed by atoms with Crippen LogP contribution in [0.25, 0.3) is 0 Å². The minimum Gasteiger partial charge on any atom is -0.481 e. The lowest BCUT2D eigenvalue weighted by Gasteiger charge is -2.39. The number of rotatable bonds is 4. The average molecular weight is 267 g/mol. The first-order valence-corrected chi connectivity index (χ1v) is 6.30. The number of piperazine rings is 1. The predicted molar refractivity (Wildman–Crippen MR) is 72.8 cm³/mol. The molecule has 1 aromatic rings. The first kappa shape index (κ1) is 13.8. The van der Waals surface area contributed by atoms with E-state index in [9.17, 15) is 0 Å². The predicted octanol–water partition coefficient (Wildman–Crippen LogP) is -0.427. The van der Waals surface area contributed by atoms with E-state index >= 15 is 0 Å². The maximum absolute atomic E-state index is 5.85. The Morgan fingerprint density at radius 2 is 1.89 bits per heavy atom. The standard InChI is InChI=1S/C12H21N5O2/c1-16-4-5-17(9(7-13)8-16)12-14-10(18-2)6-11(15-12)19-3/h6,9H,4-5,7-8,13H2,1-3H3. The zero-order chi connectivity index (χ0) is 13.8. The largest absolute Gasteiger partial charge is 0.481 e. The molecule has 19 heavy (non-hydrogen) atoms. The van der Waals surface area contributed by atoms with E-state index in [0.717, 1.165) is 19.6 Å². The zero-order valence-electron chi connectivity index (χ0n) is 11.7. The molecular formula is C12H21N5O2. The topological polar surface area (TPSA) is 76.7 Å². The molecule has 0 amide bonds. The maximum atomic E-state index is 5.85. The van der Waals surface area contributed by atoms with E-state index in [1.165, 1.54) is 0 Å². The van der Waals surface area contributed by atoms with E-state index in [2.05, 4.69) is 26.8 Å². The molecule has 1 unspecified atom stereocenters. The first-order valence-electron chi connectivity index (χ1n) is 6.30. The summed E-state index contributed by atoms with van der Waals surface area (Å²) >= 11 is 0. The molecule has 2 N–H and O–H groups in total. The summed E-state index contributed by atoms with van der Waals surface area (Å²) in [6.45, 7) is 3.26. The van der Waals surface area contributed by atoms with Crippen LogP contribution in [0, 0.1) is 0 Å².